The van der Waals surface area contributed by atoms with E-state index in [1.54, 1.807) is 0 Å². The summed E-state index contributed by atoms with van der Waals surface area (Å²) in [4.78, 5) is 0. The van der Waals surface area contributed by atoms with Gasteiger partial charge in [0.15, 0.2) is 0 Å². The van der Waals surface area contributed by atoms with Crippen LogP contribution >= 0.6 is 0 Å². The number of rotatable bonds is 3. The van der Waals surface area contributed by atoms with Gasteiger partial charge in [0.25, 0.3) is 0 Å². The van der Waals surface area contributed by atoms with Crippen molar-refractivity contribution in [2.75, 3.05) is 32.8 Å². The van der Waals surface area contributed by atoms with Crippen LogP contribution in [0.2, 0.25) is 0 Å². The summed E-state index contributed by atoms with van der Waals surface area (Å²) < 4.78 is 5.44. The second-order valence-electron chi connectivity index (χ2n) is 4.18. The van der Waals surface area contributed by atoms with Crippen LogP contribution in [0.3, 0.4) is 0 Å². The molecule has 76 valence electrons. The zero-order valence-electron chi connectivity index (χ0n) is 8.22. The predicted octanol–water partition coefficient (Wildman–Crippen LogP) is 0.364. The zero-order valence-corrected chi connectivity index (χ0v) is 8.22. The fraction of sp³-hybridized carbons (Fsp3) is 1.00. The van der Waals surface area contributed by atoms with Crippen molar-refractivity contribution in [3.05, 3.63) is 0 Å². The highest BCUT2D eigenvalue weighted by Crippen LogP contribution is 2.12. The van der Waals surface area contributed by atoms with Gasteiger partial charge in [-0.25, -0.2) is 0 Å². The maximum atomic E-state index is 5.44. The molecule has 13 heavy (non-hydrogen) atoms. The summed E-state index contributed by atoms with van der Waals surface area (Å²) >= 11 is 0. The highest BCUT2D eigenvalue weighted by atomic mass is 16.5. The van der Waals surface area contributed by atoms with Crippen molar-refractivity contribution in [1.82, 2.24) is 10.6 Å². The van der Waals surface area contributed by atoms with Gasteiger partial charge in [-0.1, -0.05) is 0 Å². The normalized spacial score (nSPS) is 35.1. The first-order valence-corrected chi connectivity index (χ1v) is 5.47. The molecule has 0 radical (unpaired) electrons. The minimum absolute atomic E-state index is 0.710. The molecule has 2 aliphatic rings. The van der Waals surface area contributed by atoms with Crippen LogP contribution in [-0.2, 0) is 4.74 Å². The van der Waals surface area contributed by atoms with Crippen molar-refractivity contribution in [3.8, 4) is 0 Å². The lowest BCUT2D eigenvalue weighted by Gasteiger charge is -2.23. The van der Waals surface area contributed by atoms with E-state index in [0.29, 0.717) is 6.04 Å². The summed E-state index contributed by atoms with van der Waals surface area (Å²) in [6.45, 7) is 5.41. The molecule has 2 unspecified atom stereocenters. The van der Waals surface area contributed by atoms with E-state index in [4.69, 9.17) is 4.74 Å². The molecule has 0 aromatic rings. The van der Waals surface area contributed by atoms with Crippen molar-refractivity contribution in [2.24, 2.45) is 5.92 Å². The van der Waals surface area contributed by atoms with Crippen molar-refractivity contribution >= 4 is 0 Å². The van der Waals surface area contributed by atoms with E-state index in [1.165, 1.54) is 25.8 Å². The minimum Gasteiger partial charge on any atom is -0.381 e. The predicted molar refractivity (Wildman–Crippen MR) is 52.8 cm³/mol. The van der Waals surface area contributed by atoms with E-state index < -0.39 is 0 Å². The lowest BCUT2D eigenvalue weighted by molar-refractivity contribution is 0.0540. The standard InChI is InChI=1S/C10H20N2O/c1-2-9(8-13-5-1)6-12-10-3-4-11-7-10/h9-12H,1-8H2. The Labute approximate surface area is 80.2 Å². The molecular formula is C10H20N2O. The maximum Gasteiger partial charge on any atom is 0.0506 e. The van der Waals surface area contributed by atoms with Crippen molar-refractivity contribution in [1.29, 1.82) is 0 Å². The molecule has 0 aromatic heterocycles. The fourth-order valence-electron chi connectivity index (χ4n) is 2.13. The summed E-state index contributed by atoms with van der Waals surface area (Å²) in [5.74, 6) is 0.759. The van der Waals surface area contributed by atoms with E-state index >= 15 is 0 Å². The molecule has 0 aliphatic carbocycles. The first kappa shape index (κ1) is 9.44. The first-order valence-electron chi connectivity index (χ1n) is 5.47. The third-order valence-electron chi connectivity index (χ3n) is 3.01. The Hall–Kier alpha value is -0.120. The van der Waals surface area contributed by atoms with Gasteiger partial charge in [-0.15, -0.1) is 0 Å². The fourth-order valence-corrected chi connectivity index (χ4v) is 2.13. The monoisotopic (exact) mass is 184 g/mol. The van der Waals surface area contributed by atoms with E-state index in [-0.39, 0.29) is 0 Å². The molecule has 3 nitrogen and oxygen atoms in total. The van der Waals surface area contributed by atoms with Crippen LogP contribution in [0.1, 0.15) is 19.3 Å². The molecule has 2 heterocycles. The van der Waals surface area contributed by atoms with E-state index in [9.17, 15) is 0 Å². The topological polar surface area (TPSA) is 33.3 Å². The van der Waals surface area contributed by atoms with Crippen LogP contribution in [-0.4, -0.2) is 38.9 Å². The SMILES string of the molecule is C1COCC(CNC2CCNC2)C1. The second-order valence-corrected chi connectivity index (χ2v) is 4.18. The lowest BCUT2D eigenvalue weighted by Crippen LogP contribution is -2.37. The molecule has 0 bridgehead atoms. The van der Waals surface area contributed by atoms with Crippen LogP contribution in [0.25, 0.3) is 0 Å². The Morgan fingerprint density at radius 1 is 1.38 bits per heavy atom. The van der Waals surface area contributed by atoms with Crippen molar-refractivity contribution in [2.45, 2.75) is 25.3 Å². The van der Waals surface area contributed by atoms with Gasteiger partial charge < -0.3 is 15.4 Å². The van der Waals surface area contributed by atoms with Gasteiger partial charge in [0.2, 0.25) is 0 Å². The van der Waals surface area contributed by atoms with Crippen molar-refractivity contribution in [3.63, 3.8) is 0 Å². The third kappa shape index (κ3) is 2.93. The Morgan fingerprint density at radius 3 is 3.08 bits per heavy atom. The minimum atomic E-state index is 0.710. The number of nitrogens with one attached hydrogen (secondary N) is 2. The first-order chi connectivity index (χ1) is 6.45. The maximum absolute atomic E-state index is 5.44. The van der Waals surface area contributed by atoms with E-state index in [0.717, 1.165) is 32.2 Å². The third-order valence-corrected chi connectivity index (χ3v) is 3.01. The van der Waals surface area contributed by atoms with Crippen LogP contribution in [0.5, 0.6) is 0 Å². The largest absolute Gasteiger partial charge is 0.381 e. The molecule has 2 N–H and O–H groups in total. The Kier molecular flexibility index (Phi) is 3.58. The molecule has 2 aliphatic heterocycles. The zero-order chi connectivity index (χ0) is 8.93. The molecule has 2 fully saturated rings. The van der Waals surface area contributed by atoms with Gasteiger partial charge in [0.1, 0.15) is 0 Å². The van der Waals surface area contributed by atoms with Gasteiger partial charge in [-0.05, 0) is 31.7 Å². The molecule has 3 heteroatoms. The lowest BCUT2D eigenvalue weighted by atomic mass is 10.0. The second kappa shape index (κ2) is 4.94. The van der Waals surface area contributed by atoms with E-state index in [2.05, 4.69) is 10.6 Å². The number of hydrogen-bond donors (Lipinski definition) is 2. The van der Waals surface area contributed by atoms with Crippen LogP contribution in [0, 0.1) is 5.92 Å². The van der Waals surface area contributed by atoms with Gasteiger partial charge in [0, 0.05) is 25.7 Å². The Balaban J connectivity index is 1.60. The molecular weight excluding hydrogens is 164 g/mol. The summed E-state index contributed by atoms with van der Waals surface area (Å²) in [5.41, 5.74) is 0. The van der Waals surface area contributed by atoms with Gasteiger partial charge in [-0.2, -0.15) is 0 Å². The van der Waals surface area contributed by atoms with Crippen LogP contribution < -0.4 is 10.6 Å². The summed E-state index contributed by atoms with van der Waals surface area (Å²) in [7, 11) is 0. The van der Waals surface area contributed by atoms with Crippen LogP contribution in [0.4, 0.5) is 0 Å². The van der Waals surface area contributed by atoms with Gasteiger partial charge in [0.05, 0.1) is 6.61 Å². The van der Waals surface area contributed by atoms with E-state index in [1.807, 2.05) is 0 Å². The summed E-state index contributed by atoms with van der Waals surface area (Å²) in [5, 5.41) is 6.98. The van der Waals surface area contributed by atoms with Crippen molar-refractivity contribution < 1.29 is 4.74 Å². The highest BCUT2D eigenvalue weighted by molar-refractivity contribution is 4.78. The Bertz CT molecular complexity index is 140. The number of hydrogen-bond acceptors (Lipinski definition) is 3. The van der Waals surface area contributed by atoms with Gasteiger partial charge in [-0.3, -0.25) is 0 Å². The molecule has 0 saturated carbocycles. The average Bonchev–Trinajstić information content (AvgIpc) is 2.69. The molecule has 2 rings (SSSR count). The van der Waals surface area contributed by atoms with Gasteiger partial charge >= 0.3 is 0 Å². The average molecular weight is 184 g/mol. The van der Waals surface area contributed by atoms with Crippen LogP contribution in [0.15, 0.2) is 0 Å². The summed E-state index contributed by atoms with van der Waals surface area (Å²) in [6.07, 6.45) is 3.87. The molecule has 0 spiro atoms. The molecule has 2 atom stereocenters. The quantitative estimate of drug-likeness (QED) is 0.664. The summed E-state index contributed by atoms with van der Waals surface area (Å²) in [6, 6.07) is 0.710. The Morgan fingerprint density at radius 2 is 2.38 bits per heavy atom. The molecule has 0 amide bonds. The highest BCUT2D eigenvalue weighted by Gasteiger charge is 2.17. The number of ether oxygens (including phenoxy) is 1. The molecule has 2 saturated heterocycles. The molecule has 0 aromatic carbocycles. The smallest absolute Gasteiger partial charge is 0.0506 e.